The summed E-state index contributed by atoms with van der Waals surface area (Å²) >= 11 is 0. The van der Waals surface area contributed by atoms with Crippen molar-refractivity contribution in [3.8, 4) is 17.2 Å². The van der Waals surface area contributed by atoms with Gasteiger partial charge in [0.2, 0.25) is 5.75 Å². The van der Waals surface area contributed by atoms with E-state index < -0.39 is 18.0 Å². The number of esters is 1. The molecule has 0 fully saturated rings. The summed E-state index contributed by atoms with van der Waals surface area (Å²) in [5.74, 6) is -0.108. The van der Waals surface area contributed by atoms with Gasteiger partial charge < -0.3 is 24.3 Å². The van der Waals surface area contributed by atoms with Gasteiger partial charge in [-0.05, 0) is 38.1 Å². The molecule has 144 valence electrons. The van der Waals surface area contributed by atoms with Crippen LogP contribution in [0, 0.1) is 6.92 Å². The number of nitrogens with one attached hydrogen (secondary N) is 1. The average Bonchev–Trinajstić information content (AvgIpc) is 2.68. The van der Waals surface area contributed by atoms with Crippen molar-refractivity contribution in [3.05, 3.63) is 47.5 Å². The lowest BCUT2D eigenvalue weighted by Gasteiger charge is -2.16. The van der Waals surface area contributed by atoms with Crippen molar-refractivity contribution in [1.29, 1.82) is 0 Å². The van der Waals surface area contributed by atoms with E-state index in [-0.39, 0.29) is 5.56 Å². The van der Waals surface area contributed by atoms with Gasteiger partial charge >= 0.3 is 5.97 Å². The Morgan fingerprint density at radius 3 is 1.96 bits per heavy atom. The van der Waals surface area contributed by atoms with Crippen LogP contribution in [-0.4, -0.2) is 39.3 Å². The maximum atomic E-state index is 12.4. The molecule has 0 bridgehead atoms. The first kappa shape index (κ1) is 20.1. The number of ether oxygens (including phenoxy) is 4. The number of aryl methyl sites for hydroxylation is 1. The molecule has 2 aromatic carbocycles. The lowest BCUT2D eigenvalue weighted by Crippen LogP contribution is -2.30. The molecule has 7 heteroatoms. The zero-order valence-electron chi connectivity index (χ0n) is 16.0. The van der Waals surface area contributed by atoms with E-state index >= 15 is 0 Å². The van der Waals surface area contributed by atoms with Gasteiger partial charge in [-0.3, -0.25) is 4.79 Å². The van der Waals surface area contributed by atoms with Crippen molar-refractivity contribution in [2.45, 2.75) is 20.0 Å². The Bertz CT molecular complexity index is 791. The molecule has 0 radical (unpaired) electrons. The molecule has 27 heavy (non-hydrogen) atoms. The molecule has 0 unspecified atom stereocenters. The SMILES string of the molecule is COc1cc(C(=O)O[C@@H](C)C(=O)Nc2ccc(C)cc2)cc(OC)c1OC. The summed E-state index contributed by atoms with van der Waals surface area (Å²) in [5, 5.41) is 2.70. The Labute approximate surface area is 158 Å². The normalized spacial score (nSPS) is 11.3. The molecule has 0 aliphatic heterocycles. The van der Waals surface area contributed by atoms with E-state index in [9.17, 15) is 9.59 Å². The molecule has 2 rings (SSSR count). The molecular weight excluding hydrogens is 350 g/mol. The quantitative estimate of drug-likeness (QED) is 0.751. The highest BCUT2D eigenvalue weighted by Gasteiger charge is 2.22. The molecule has 2 aromatic rings. The maximum Gasteiger partial charge on any atom is 0.339 e. The van der Waals surface area contributed by atoms with Gasteiger partial charge in [-0.2, -0.15) is 0 Å². The average molecular weight is 373 g/mol. The van der Waals surface area contributed by atoms with Crippen molar-refractivity contribution < 1.29 is 28.5 Å². The summed E-state index contributed by atoms with van der Waals surface area (Å²) in [5.41, 5.74) is 1.88. The Kier molecular flexibility index (Phi) is 6.65. The summed E-state index contributed by atoms with van der Waals surface area (Å²) in [6, 6.07) is 10.2. The first-order chi connectivity index (χ1) is 12.9. The van der Waals surface area contributed by atoms with Crippen molar-refractivity contribution in [2.75, 3.05) is 26.6 Å². The number of amides is 1. The van der Waals surface area contributed by atoms with Crippen molar-refractivity contribution in [2.24, 2.45) is 0 Å². The molecule has 0 aliphatic carbocycles. The first-order valence-electron chi connectivity index (χ1n) is 8.28. The molecule has 1 atom stereocenters. The van der Waals surface area contributed by atoms with E-state index in [1.807, 2.05) is 19.1 Å². The second-order valence-electron chi connectivity index (χ2n) is 5.82. The summed E-state index contributed by atoms with van der Waals surface area (Å²) in [6.45, 7) is 3.45. The lowest BCUT2D eigenvalue weighted by molar-refractivity contribution is -0.123. The number of carbonyl (C=O) groups is 2. The van der Waals surface area contributed by atoms with Crippen LogP contribution in [0.1, 0.15) is 22.8 Å². The monoisotopic (exact) mass is 373 g/mol. The highest BCUT2D eigenvalue weighted by atomic mass is 16.5. The minimum Gasteiger partial charge on any atom is -0.493 e. The van der Waals surface area contributed by atoms with Gasteiger partial charge in [0.05, 0.1) is 26.9 Å². The third kappa shape index (κ3) is 4.91. The number of anilines is 1. The molecule has 0 saturated heterocycles. The number of benzene rings is 2. The Morgan fingerprint density at radius 1 is 0.926 bits per heavy atom. The van der Waals surface area contributed by atoms with Gasteiger partial charge in [0, 0.05) is 5.69 Å². The van der Waals surface area contributed by atoms with Crippen LogP contribution in [0.25, 0.3) is 0 Å². The zero-order chi connectivity index (χ0) is 20.0. The maximum absolute atomic E-state index is 12.4. The Morgan fingerprint density at radius 2 is 1.48 bits per heavy atom. The Hall–Kier alpha value is -3.22. The van der Waals surface area contributed by atoms with Gasteiger partial charge in [0.1, 0.15) is 0 Å². The standard InChI is InChI=1S/C20H23NO6/c1-12-6-8-15(9-7-12)21-19(22)13(2)27-20(23)14-10-16(24-3)18(26-5)17(11-14)25-4/h6-11,13H,1-5H3,(H,21,22)/t13-/m0/s1. The second kappa shape index (κ2) is 8.93. The summed E-state index contributed by atoms with van der Waals surface area (Å²) in [4.78, 5) is 24.7. The third-order valence-electron chi connectivity index (χ3n) is 3.87. The van der Waals surface area contributed by atoms with E-state index in [1.165, 1.54) is 40.4 Å². The molecule has 1 amide bonds. The van der Waals surface area contributed by atoms with E-state index in [0.717, 1.165) is 5.56 Å². The predicted molar refractivity (Wildman–Crippen MR) is 101 cm³/mol. The molecule has 0 aromatic heterocycles. The van der Waals surface area contributed by atoms with Gasteiger partial charge in [0.25, 0.3) is 5.91 Å². The van der Waals surface area contributed by atoms with Crippen molar-refractivity contribution >= 4 is 17.6 Å². The number of rotatable bonds is 7. The fourth-order valence-corrected chi connectivity index (χ4v) is 2.36. The topological polar surface area (TPSA) is 83.1 Å². The molecule has 0 heterocycles. The summed E-state index contributed by atoms with van der Waals surface area (Å²) in [6.07, 6.45) is -0.988. The highest BCUT2D eigenvalue weighted by Crippen LogP contribution is 2.38. The minimum absolute atomic E-state index is 0.180. The second-order valence-corrected chi connectivity index (χ2v) is 5.82. The Balaban J connectivity index is 2.11. The van der Waals surface area contributed by atoms with E-state index in [2.05, 4.69) is 5.32 Å². The fraction of sp³-hybridized carbons (Fsp3) is 0.300. The van der Waals surface area contributed by atoms with Gasteiger partial charge in [-0.1, -0.05) is 17.7 Å². The van der Waals surface area contributed by atoms with Crippen LogP contribution < -0.4 is 19.5 Å². The van der Waals surface area contributed by atoms with Crippen LogP contribution in [0.5, 0.6) is 17.2 Å². The van der Waals surface area contributed by atoms with Gasteiger partial charge in [-0.25, -0.2) is 4.79 Å². The van der Waals surface area contributed by atoms with Crippen LogP contribution in [0.3, 0.4) is 0 Å². The van der Waals surface area contributed by atoms with E-state index in [0.29, 0.717) is 22.9 Å². The molecule has 0 spiro atoms. The van der Waals surface area contributed by atoms with Crippen LogP contribution in [-0.2, 0) is 9.53 Å². The molecule has 0 saturated carbocycles. The molecular formula is C20H23NO6. The molecule has 7 nitrogen and oxygen atoms in total. The fourth-order valence-electron chi connectivity index (χ4n) is 2.36. The van der Waals surface area contributed by atoms with E-state index in [4.69, 9.17) is 18.9 Å². The third-order valence-corrected chi connectivity index (χ3v) is 3.87. The van der Waals surface area contributed by atoms with Crippen LogP contribution in [0.2, 0.25) is 0 Å². The summed E-state index contributed by atoms with van der Waals surface area (Å²) in [7, 11) is 4.37. The van der Waals surface area contributed by atoms with Crippen LogP contribution in [0.4, 0.5) is 5.69 Å². The number of methoxy groups -OCH3 is 3. The number of hydrogen-bond acceptors (Lipinski definition) is 6. The minimum atomic E-state index is -0.988. The lowest BCUT2D eigenvalue weighted by atomic mass is 10.2. The summed E-state index contributed by atoms with van der Waals surface area (Å²) < 4.78 is 20.9. The van der Waals surface area contributed by atoms with Gasteiger partial charge in [-0.15, -0.1) is 0 Å². The smallest absolute Gasteiger partial charge is 0.339 e. The van der Waals surface area contributed by atoms with Crippen molar-refractivity contribution in [1.82, 2.24) is 0 Å². The molecule has 0 aliphatic rings. The predicted octanol–water partition coefficient (Wildman–Crippen LogP) is 3.20. The largest absolute Gasteiger partial charge is 0.493 e. The van der Waals surface area contributed by atoms with E-state index in [1.54, 1.807) is 12.1 Å². The highest BCUT2D eigenvalue weighted by molar-refractivity contribution is 5.97. The molecule has 1 N–H and O–H groups in total. The number of carbonyl (C=O) groups excluding carboxylic acids is 2. The number of hydrogen-bond donors (Lipinski definition) is 1. The van der Waals surface area contributed by atoms with Crippen LogP contribution in [0.15, 0.2) is 36.4 Å². The first-order valence-corrected chi connectivity index (χ1v) is 8.28. The van der Waals surface area contributed by atoms with Crippen molar-refractivity contribution in [3.63, 3.8) is 0 Å². The zero-order valence-corrected chi connectivity index (χ0v) is 16.0. The van der Waals surface area contributed by atoms with Crippen LogP contribution >= 0.6 is 0 Å². The van der Waals surface area contributed by atoms with Gasteiger partial charge in [0.15, 0.2) is 17.6 Å².